The van der Waals surface area contributed by atoms with Gasteiger partial charge in [0.05, 0.1) is 24.6 Å². The molecule has 2 aromatic carbocycles. The van der Waals surface area contributed by atoms with Crippen LogP contribution in [0.2, 0.25) is 0 Å². The molecule has 146 valence electrons. The van der Waals surface area contributed by atoms with Crippen molar-refractivity contribution in [1.82, 2.24) is 9.62 Å². The van der Waals surface area contributed by atoms with Crippen LogP contribution in [0.3, 0.4) is 0 Å². The molecule has 1 atom stereocenters. The number of carbonyl (C=O) groups excluding carboxylic acids is 1. The first-order valence-corrected chi connectivity index (χ1v) is 10.2. The van der Waals surface area contributed by atoms with Crippen molar-refractivity contribution in [3.8, 4) is 5.75 Å². The van der Waals surface area contributed by atoms with Crippen molar-refractivity contribution < 1.29 is 17.9 Å². The average molecular weight is 391 g/mol. The van der Waals surface area contributed by atoms with Gasteiger partial charge < -0.3 is 10.1 Å². The van der Waals surface area contributed by atoms with E-state index in [9.17, 15) is 13.2 Å². The van der Waals surface area contributed by atoms with Crippen LogP contribution in [0.25, 0.3) is 0 Å². The number of hydrogen-bond acceptors (Lipinski definition) is 4. The summed E-state index contributed by atoms with van der Waals surface area (Å²) in [5, 5.41) is 2.85. The maximum Gasteiger partial charge on any atom is 0.243 e. The number of carbonyl (C=O) groups is 1. The third-order valence-corrected chi connectivity index (χ3v) is 6.27. The smallest absolute Gasteiger partial charge is 0.243 e. The SMILES string of the molecule is CCN(CC(=O)N[C@@H](C)c1ccccc1)S(=O)(=O)c1ccc(OC)c(C)c1. The lowest BCUT2D eigenvalue weighted by molar-refractivity contribution is -0.121. The molecule has 0 bridgehead atoms. The van der Waals surface area contributed by atoms with E-state index in [1.165, 1.54) is 17.5 Å². The van der Waals surface area contributed by atoms with Gasteiger partial charge >= 0.3 is 0 Å². The molecule has 1 amide bonds. The molecule has 2 rings (SSSR count). The van der Waals surface area contributed by atoms with Crippen molar-refractivity contribution in [1.29, 1.82) is 0 Å². The van der Waals surface area contributed by atoms with Crippen LogP contribution in [0, 0.1) is 6.92 Å². The largest absolute Gasteiger partial charge is 0.496 e. The van der Waals surface area contributed by atoms with Crippen molar-refractivity contribution in [3.63, 3.8) is 0 Å². The minimum Gasteiger partial charge on any atom is -0.496 e. The Morgan fingerprint density at radius 3 is 2.41 bits per heavy atom. The standard InChI is InChI=1S/C20H26N2O4S/c1-5-22(14-20(23)21-16(3)17-9-7-6-8-10-17)27(24,25)18-11-12-19(26-4)15(2)13-18/h6-13,16H,5,14H2,1-4H3,(H,21,23)/t16-/m0/s1. The zero-order valence-electron chi connectivity index (χ0n) is 16.1. The van der Waals surface area contributed by atoms with Gasteiger partial charge in [0.2, 0.25) is 15.9 Å². The summed E-state index contributed by atoms with van der Waals surface area (Å²) in [5.41, 5.74) is 1.68. The fourth-order valence-electron chi connectivity index (χ4n) is 2.80. The summed E-state index contributed by atoms with van der Waals surface area (Å²) in [6.45, 7) is 5.32. The molecular formula is C20H26N2O4S. The van der Waals surface area contributed by atoms with Crippen molar-refractivity contribution in [2.24, 2.45) is 0 Å². The number of nitrogens with zero attached hydrogens (tertiary/aromatic N) is 1. The third kappa shape index (κ3) is 5.08. The molecule has 0 saturated carbocycles. The van der Waals surface area contributed by atoms with Gasteiger partial charge in [0.25, 0.3) is 0 Å². The van der Waals surface area contributed by atoms with E-state index in [4.69, 9.17) is 4.74 Å². The molecule has 0 unspecified atom stereocenters. The van der Waals surface area contributed by atoms with E-state index in [-0.39, 0.29) is 29.9 Å². The summed E-state index contributed by atoms with van der Waals surface area (Å²) in [6.07, 6.45) is 0. The zero-order chi connectivity index (χ0) is 20.0. The number of aryl methyl sites for hydroxylation is 1. The molecule has 0 saturated heterocycles. The molecule has 7 heteroatoms. The van der Waals surface area contributed by atoms with Crippen LogP contribution >= 0.6 is 0 Å². The van der Waals surface area contributed by atoms with Gasteiger partial charge in [0, 0.05) is 6.54 Å². The Bertz CT molecular complexity index is 882. The highest BCUT2D eigenvalue weighted by Gasteiger charge is 2.26. The van der Waals surface area contributed by atoms with Gasteiger partial charge in [-0.2, -0.15) is 4.31 Å². The van der Waals surface area contributed by atoms with Crippen molar-refractivity contribution >= 4 is 15.9 Å². The second kappa shape index (κ2) is 9.01. The van der Waals surface area contributed by atoms with E-state index in [0.717, 1.165) is 11.1 Å². The number of likely N-dealkylation sites (N-methyl/N-ethyl adjacent to an activating group) is 1. The fourth-order valence-corrected chi connectivity index (χ4v) is 4.29. The van der Waals surface area contributed by atoms with Crippen LogP contribution in [0.5, 0.6) is 5.75 Å². The molecule has 0 radical (unpaired) electrons. The molecule has 27 heavy (non-hydrogen) atoms. The number of sulfonamides is 1. The average Bonchev–Trinajstić information content (AvgIpc) is 2.66. The zero-order valence-corrected chi connectivity index (χ0v) is 16.9. The fraction of sp³-hybridized carbons (Fsp3) is 0.350. The summed E-state index contributed by atoms with van der Waals surface area (Å²) in [6, 6.07) is 14.0. The van der Waals surface area contributed by atoms with E-state index in [1.54, 1.807) is 26.0 Å². The lowest BCUT2D eigenvalue weighted by Gasteiger charge is -2.22. The Morgan fingerprint density at radius 2 is 1.85 bits per heavy atom. The van der Waals surface area contributed by atoms with E-state index < -0.39 is 10.0 Å². The summed E-state index contributed by atoms with van der Waals surface area (Å²) in [4.78, 5) is 12.5. The number of hydrogen-bond donors (Lipinski definition) is 1. The molecule has 0 aliphatic carbocycles. The van der Waals surface area contributed by atoms with Crippen molar-refractivity contribution in [2.45, 2.75) is 31.7 Å². The van der Waals surface area contributed by atoms with Crippen LogP contribution in [-0.4, -0.2) is 38.8 Å². The first kappa shape index (κ1) is 20.9. The molecule has 0 aliphatic heterocycles. The first-order valence-electron chi connectivity index (χ1n) is 8.78. The Morgan fingerprint density at radius 1 is 1.19 bits per heavy atom. The minimum absolute atomic E-state index is 0.145. The van der Waals surface area contributed by atoms with Gasteiger partial charge in [-0.3, -0.25) is 4.79 Å². The molecular weight excluding hydrogens is 364 g/mol. The number of nitrogens with one attached hydrogen (secondary N) is 1. The van der Waals surface area contributed by atoms with Gasteiger partial charge in [-0.25, -0.2) is 8.42 Å². The van der Waals surface area contributed by atoms with Crippen molar-refractivity contribution in [3.05, 3.63) is 59.7 Å². The number of benzene rings is 2. The summed E-state index contributed by atoms with van der Waals surface area (Å²) >= 11 is 0. The predicted octanol–water partition coefficient (Wildman–Crippen LogP) is 2.89. The molecule has 2 aromatic rings. The van der Waals surface area contributed by atoms with E-state index in [2.05, 4.69) is 5.32 Å². The topological polar surface area (TPSA) is 75.7 Å². The highest BCUT2D eigenvalue weighted by Crippen LogP contribution is 2.23. The number of amides is 1. The lowest BCUT2D eigenvalue weighted by Crippen LogP contribution is -2.41. The van der Waals surface area contributed by atoms with Gasteiger partial charge in [-0.1, -0.05) is 37.3 Å². The second-order valence-electron chi connectivity index (χ2n) is 6.26. The van der Waals surface area contributed by atoms with Crippen LogP contribution < -0.4 is 10.1 Å². The van der Waals surface area contributed by atoms with E-state index in [1.807, 2.05) is 37.3 Å². The molecule has 6 nitrogen and oxygen atoms in total. The van der Waals surface area contributed by atoms with Crippen molar-refractivity contribution in [2.75, 3.05) is 20.2 Å². The highest BCUT2D eigenvalue weighted by atomic mass is 32.2. The second-order valence-corrected chi connectivity index (χ2v) is 8.20. The quantitative estimate of drug-likeness (QED) is 0.752. The maximum atomic E-state index is 12.9. The monoisotopic (exact) mass is 390 g/mol. The molecule has 0 fully saturated rings. The van der Waals surface area contributed by atoms with Crippen LogP contribution in [0.1, 0.15) is 31.0 Å². The normalized spacial score (nSPS) is 12.6. The summed E-state index contributed by atoms with van der Waals surface area (Å²) in [7, 11) is -2.24. The summed E-state index contributed by atoms with van der Waals surface area (Å²) < 4.78 is 32.2. The molecule has 1 N–H and O–H groups in total. The minimum atomic E-state index is -3.78. The number of rotatable bonds is 8. The van der Waals surface area contributed by atoms with Gasteiger partial charge in [-0.05, 0) is 43.2 Å². The molecule has 0 aliphatic rings. The Balaban J connectivity index is 2.13. The van der Waals surface area contributed by atoms with Gasteiger partial charge in [-0.15, -0.1) is 0 Å². The Labute approximate surface area is 161 Å². The Kier molecular flexibility index (Phi) is 6.98. The Hall–Kier alpha value is -2.38. The van der Waals surface area contributed by atoms with E-state index in [0.29, 0.717) is 5.75 Å². The lowest BCUT2D eigenvalue weighted by atomic mass is 10.1. The van der Waals surface area contributed by atoms with Crippen LogP contribution in [0.15, 0.2) is 53.4 Å². The van der Waals surface area contributed by atoms with Crippen LogP contribution in [0.4, 0.5) is 0 Å². The first-order chi connectivity index (χ1) is 12.8. The number of methoxy groups -OCH3 is 1. The summed E-state index contributed by atoms with van der Waals surface area (Å²) in [5.74, 6) is 0.272. The highest BCUT2D eigenvalue weighted by molar-refractivity contribution is 7.89. The van der Waals surface area contributed by atoms with Gasteiger partial charge in [0.1, 0.15) is 5.75 Å². The molecule has 0 spiro atoms. The van der Waals surface area contributed by atoms with Gasteiger partial charge in [0.15, 0.2) is 0 Å². The number of ether oxygens (including phenoxy) is 1. The van der Waals surface area contributed by atoms with E-state index >= 15 is 0 Å². The predicted molar refractivity (Wildman–Crippen MR) is 105 cm³/mol. The molecule has 0 aromatic heterocycles. The maximum absolute atomic E-state index is 12.9. The third-order valence-electron chi connectivity index (χ3n) is 4.35. The molecule has 0 heterocycles. The van der Waals surface area contributed by atoms with Crippen LogP contribution in [-0.2, 0) is 14.8 Å².